The Hall–Kier alpha value is -3.44. The van der Waals surface area contributed by atoms with Crippen LogP contribution in [0.15, 0.2) is 101 Å². The third-order valence-electron chi connectivity index (χ3n) is 4.61. The predicted molar refractivity (Wildman–Crippen MR) is 117 cm³/mol. The minimum absolute atomic E-state index is 0.106. The summed E-state index contributed by atoms with van der Waals surface area (Å²) in [4.78, 5) is 4.70. The lowest BCUT2D eigenvalue weighted by atomic mass is 10.0. The largest absolute Gasteiger partial charge is 0.378 e. The molecular weight excluding hydrogens is 382 g/mol. The Kier molecular flexibility index (Phi) is 5.14. The Morgan fingerprint density at radius 3 is 2.28 bits per heavy atom. The number of fused-ring (bicyclic) bond motifs is 1. The van der Waals surface area contributed by atoms with Crippen LogP contribution in [0.1, 0.15) is 11.1 Å². The van der Waals surface area contributed by atoms with E-state index >= 15 is 0 Å². The molecule has 0 spiro atoms. The first-order chi connectivity index (χ1) is 14.0. The van der Waals surface area contributed by atoms with Gasteiger partial charge in [-0.25, -0.2) is 0 Å². The van der Waals surface area contributed by atoms with Crippen LogP contribution in [0.4, 0.5) is 5.69 Å². The smallest absolute Gasteiger partial charge is 0.339 e. The van der Waals surface area contributed by atoms with Crippen molar-refractivity contribution >= 4 is 32.8 Å². The maximum Gasteiger partial charge on any atom is 0.339 e. The minimum Gasteiger partial charge on any atom is -0.378 e. The van der Waals surface area contributed by atoms with Crippen molar-refractivity contribution in [3.05, 3.63) is 102 Å². The quantitative estimate of drug-likeness (QED) is 0.320. The van der Waals surface area contributed by atoms with Gasteiger partial charge in [0.2, 0.25) is 0 Å². The van der Waals surface area contributed by atoms with Crippen LogP contribution in [0.25, 0.3) is 10.8 Å². The molecule has 5 heteroatoms. The second-order valence-electron chi connectivity index (χ2n) is 6.59. The molecule has 4 nitrogen and oxygen atoms in total. The van der Waals surface area contributed by atoms with Crippen molar-refractivity contribution in [2.75, 3.05) is 0 Å². The molecule has 0 bridgehead atoms. The molecule has 29 heavy (non-hydrogen) atoms. The van der Waals surface area contributed by atoms with Crippen molar-refractivity contribution < 1.29 is 12.6 Å². The Bertz CT molecular complexity index is 1300. The molecule has 0 saturated carbocycles. The normalized spacial score (nSPS) is 11.8. The molecule has 0 atom stereocenters. The fourth-order valence-corrected chi connectivity index (χ4v) is 4.05. The van der Waals surface area contributed by atoms with E-state index in [0.29, 0.717) is 5.56 Å². The van der Waals surface area contributed by atoms with E-state index in [1.54, 1.807) is 30.5 Å². The summed E-state index contributed by atoms with van der Waals surface area (Å²) in [6.07, 6.45) is 1.67. The highest BCUT2D eigenvalue weighted by Gasteiger charge is 2.19. The first-order valence-electron chi connectivity index (χ1n) is 9.15. The Balaban J connectivity index is 1.82. The van der Waals surface area contributed by atoms with Gasteiger partial charge in [-0.05, 0) is 47.5 Å². The average molecular weight is 401 g/mol. The lowest BCUT2D eigenvalue weighted by Crippen LogP contribution is -2.11. The molecule has 0 aliphatic heterocycles. The van der Waals surface area contributed by atoms with E-state index in [4.69, 9.17) is 4.18 Å². The van der Waals surface area contributed by atoms with Gasteiger partial charge in [-0.1, -0.05) is 66.7 Å². The molecule has 0 radical (unpaired) electrons. The van der Waals surface area contributed by atoms with Crippen LogP contribution in [0, 0.1) is 6.92 Å². The highest BCUT2D eigenvalue weighted by Crippen LogP contribution is 2.30. The van der Waals surface area contributed by atoms with Crippen molar-refractivity contribution in [2.24, 2.45) is 4.99 Å². The van der Waals surface area contributed by atoms with Gasteiger partial charge in [-0.15, -0.1) is 0 Å². The first-order valence-corrected chi connectivity index (χ1v) is 10.6. The number of hydrogen-bond donors (Lipinski definition) is 0. The second kappa shape index (κ2) is 7.89. The molecule has 4 aromatic rings. The van der Waals surface area contributed by atoms with Crippen LogP contribution in [-0.2, 0) is 10.1 Å². The number of para-hydroxylation sites is 1. The molecule has 144 valence electrons. The van der Waals surface area contributed by atoms with Crippen molar-refractivity contribution in [2.45, 2.75) is 11.8 Å². The van der Waals surface area contributed by atoms with Gasteiger partial charge in [0, 0.05) is 11.8 Å². The molecule has 0 fully saturated rings. The summed E-state index contributed by atoms with van der Waals surface area (Å²) in [5.74, 6) is 0.241. The van der Waals surface area contributed by atoms with E-state index in [0.717, 1.165) is 22.0 Å². The zero-order chi connectivity index (χ0) is 20.3. The SMILES string of the molecule is Cc1ccccc1N=Cc1c(OS(=O)(=O)c2ccccc2)ccc2ccccc12. The zero-order valence-corrected chi connectivity index (χ0v) is 16.6. The van der Waals surface area contributed by atoms with E-state index in [1.165, 1.54) is 12.1 Å². The molecule has 0 heterocycles. The summed E-state index contributed by atoms with van der Waals surface area (Å²) in [6.45, 7) is 1.98. The third-order valence-corrected chi connectivity index (χ3v) is 5.86. The molecule has 0 N–H and O–H groups in total. The lowest BCUT2D eigenvalue weighted by Gasteiger charge is -2.12. The fourth-order valence-electron chi connectivity index (χ4n) is 3.08. The van der Waals surface area contributed by atoms with Gasteiger partial charge in [-0.2, -0.15) is 8.42 Å². The van der Waals surface area contributed by atoms with Crippen LogP contribution >= 0.6 is 0 Å². The van der Waals surface area contributed by atoms with E-state index in [9.17, 15) is 8.42 Å². The molecule has 0 aromatic heterocycles. The Labute approximate surface area is 170 Å². The summed E-state index contributed by atoms with van der Waals surface area (Å²) in [6, 6.07) is 27.1. The van der Waals surface area contributed by atoms with E-state index in [1.807, 2.05) is 61.5 Å². The monoisotopic (exact) mass is 401 g/mol. The van der Waals surface area contributed by atoms with Gasteiger partial charge in [0.15, 0.2) is 5.75 Å². The maximum absolute atomic E-state index is 12.8. The molecule has 4 rings (SSSR count). The molecule has 0 saturated heterocycles. The molecule has 0 aliphatic rings. The maximum atomic E-state index is 12.8. The van der Waals surface area contributed by atoms with E-state index in [-0.39, 0.29) is 10.6 Å². The van der Waals surface area contributed by atoms with E-state index in [2.05, 4.69) is 4.99 Å². The number of aryl methyl sites for hydroxylation is 1. The highest BCUT2D eigenvalue weighted by atomic mass is 32.2. The lowest BCUT2D eigenvalue weighted by molar-refractivity contribution is 0.486. The van der Waals surface area contributed by atoms with Crippen molar-refractivity contribution in [1.82, 2.24) is 0 Å². The van der Waals surface area contributed by atoms with Gasteiger partial charge in [0.25, 0.3) is 0 Å². The van der Waals surface area contributed by atoms with Crippen LogP contribution in [0.5, 0.6) is 5.75 Å². The van der Waals surface area contributed by atoms with Gasteiger partial charge in [0.1, 0.15) is 4.90 Å². The van der Waals surface area contributed by atoms with Crippen molar-refractivity contribution in [3.8, 4) is 5.75 Å². The fraction of sp³-hybridized carbons (Fsp3) is 0.0417. The molecule has 0 unspecified atom stereocenters. The number of nitrogens with zero attached hydrogens (tertiary/aromatic N) is 1. The summed E-state index contributed by atoms with van der Waals surface area (Å²) in [5, 5.41) is 1.84. The number of hydrogen-bond acceptors (Lipinski definition) is 4. The summed E-state index contributed by atoms with van der Waals surface area (Å²) in [5.41, 5.74) is 2.46. The zero-order valence-electron chi connectivity index (χ0n) is 15.8. The summed E-state index contributed by atoms with van der Waals surface area (Å²) >= 11 is 0. The standard InChI is InChI=1S/C24H19NO3S/c1-18-9-5-8-14-23(18)25-17-22-21-13-7-6-10-19(21)15-16-24(22)28-29(26,27)20-11-3-2-4-12-20/h2-17H,1H3. The predicted octanol–water partition coefficient (Wildman–Crippen LogP) is 5.67. The topological polar surface area (TPSA) is 55.7 Å². The first kappa shape index (κ1) is 18.9. The van der Waals surface area contributed by atoms with Crippen molar-refractivity contribution in [1.29, 1.82) is 0 Å². The number of rotatable bonds is 5. The molecule has 0 amide bonds. The second-order valence-corrected chi connectivity index (χ2v) is 8.14. The molecular formula is C24H19NO3S. The number of benzene rings is 4. The van der Waals surface area contributed by atoms with Gasteiger partial charge >= 0.3 is 10.1 Å². The van der Waals surface area contributed by atoms with Crippen LogP contribution in [-0.4, -0.2) is 14.6 Å². The van der Waals surface area contributed by atoms with Gasteiger partial charge < -0.3 is 4.18 Å². The summed E-state index contributed by atoms with van der Waals surface area (Å²) in [7, 11) is -3.96. The van der Waals surface area contributed by atoms with Crippen molar-refractivity contribution in [3.63, 3.8) is 0 Å². The third kappa shape index (κ3) is 4.05. The Morgan fingerprint density at radius 2 is 1.48 bits per heavy atom. The highest BCUT2D eigenvalue weighted by molar-refractivity contribution is 7.87. The van der Waals surface area contributed by atoms with Gasteiger partial charge in [0.05, 0.1) is 5.69 Å². The van der Waals surface area contributed by atoms with E-state index < -0.39 is 10.1 Å². The van der Waals surface area contributed by atoms with Gasteiger partial charge in [-0.3, -0.25) is 4.99 Å². The number of aliphatic imine (C=N–C) groups is 1. The summed E-state index contributed by atoms with van der Waals surface area (Å²) < 4.78 is 31.0. The average Bonchev–Trinajstić information content (AvgIpc) is 2.74. The van der Waals surface area contributed by atoms with Crippen LogP contribution in [0.3, 0.4) is 0 Å². The minimum atomic E-state index is -3.96. The van der Waals surface area contributed by atoms with Crippen LogP contribution < -0.4 is 4.18 Å². The van der Waals surface area contributed by atoms with Crippen LogP contribution in [0.2, 0.25) is 0 Å². The molecule has 4 aromatic carbocycles. The molecule has 0 aliphatic carbocycles. The Morgan fingerprint density at radius 1 is 0.793 bits per heavy atom.